The molecule has 0 atom stereocenters. The van der Waals surface area contributed by atoms with Crippen LogP contribution < -0.4 is 0 Å². The minimum absolute atomic E-state index is 0.130. The Hall–Kier alpha value is -2.62. The lowest BCUT2D eigenvalue weighted by atomic mass is 9.63. The maximum Gasteiger partial charge on any atom is 0.337 e. The van der Waals surface area contributed by atoms with Gasteiger partial charge in [-0.3, -0.25) is 0 Å². The van der Waals surface area contributed by atoms with Gasteiger partial charge in [0.15, 0.2) is 5.58 Å². The number of oxazole rings is 1. The molecule has 0 fully saturated rings. The second-order valence-electron chi connectivity index (χ2n) is 8.72. The standard InChI is InChI=1S/C23H25NO3/c1-22(2)10-11-23(3,4)17-12-14(6-8-16(17)22)20-24-18-9-7-15(21(25)26-5)13-19(18)27-20/h6-9,12-13H,10-11H2,1-5H3. The van der Waals surface area contributed by atoms with E-state index in [-0.39, 0.29) is 16.8 Å². The number of benzene rings is 2. The lowest BCUT2D eigenvalue weighted by molar-refractivity contribution is 0.0601. The van der Waals surface area contributed by atoms with Gasteiger partial charge < -0.3 is 9.15 Å². The molecule has 1 aliphatic carbocycles. The second kappa shape index (κ2) is 5.95. The number of carbonyl (C=O) groups is 1. The predicted octanol–water partition coefficient (Wildman–Crippen LogP) is 5.63. The van der Waals surface area contributed by atoms with Crippen molar-refractivity contribution in [2.24, 2.45) is 0 Å². The van der Waals surface area contributed by atoms with Crippen LogP contribution in [0.15, 0.2) is 40.8 Å². The molecule has 0 N–H and O–H groups in total. The van der Waals surface area contributed by atoms with Gasteiger partial charge >= 0.3 is 5.97 Å². The fourth-order valence-electron chi connectivity index (χ4n) is 4.01. The lowest BCUT2D eigenvalue weighted by Crippen LogP contribution is -2.33. The van der Waals surface area contributed by atoms with E-state index in [1.54, 1.807) is 18.2 Å². The molecule has 0 bridgehead atoms. The van der Waals surface area contributed by atoms with Gasteiger partial charge in [-0.25, -0.2) is 9.78 Å². The first-order valence-corrected chi connectivity index (χ1v) is 9.36. The monoisotopic (exact) mass is 363 g/mol. The van der Waals surface area contributed by atoms with Crippen molar-refractivity contribution in [3.8, 4) is 11.5 Å². The molecular formula is C23H25NO3. The van der Waals surface area contributed by atoms with Crippen LogP contribution in [0.5, 0.6) is 0 Å². The van der Waals surface area contributed by atoms with Crippen molar-refractivity contribution in [3.63, 3.8) is 0 Å². The largest absolute Gasteiger partial charge is 0.465 e. The summed E-state index contributed by atoms with van der Waals surface area (Å²) < 4.78 is 10.8. The highest BCUT2D eigenvalue weighted by Crippen LogP contribution is 2.46. The topological polar surface area (TPSA) is 52.3 Å². The quantitative estimate of drug-likeness (QED) is 0.554. The van der Waals surface area contributed by atoms with Gasteiger partial charge in [-0.15, -0.1) is 0 Å². The molecule has 0 radical (unpaired) electrons. The third kappa shape index (κ3) is 2.93. The van der Waals surface area contributed by atoms with Crippen LogP contribution in [0.25, 0.3) is 22.6 Å². The fourth-order valence-corrected chi connectivity index (χ4v) is 4.01. The van der Waals surface area contributed by atoms with Crippen LogP contribution >= 0.6 is 0 Å². The summed E-state index contributed by atoms with van der Waals surface area (Å²) in [6.07, 6.45) is 2.35. The van der Waals surface area contributed by atoms with E-state index in [9.17, 15) is 4.79 Å². The number of hydrogen-bond donors (Lipinski definition) is 0. The van der Waals surface area contributed by atoms with Crippen LogP contribution in [0.1, 0.15) is 62.0 Å². The van der Waals surface area contributed by atoms with Gasteiger partial charge in [0, 0.05) is 5.56 Å². The average molecular weight is 363 g/mol. The SMILES string of the molecule is COC(=O)c1ccc2nc(-c3ccc4c(c3)C(C)(C)CCC4(C)C)oc2c1. The first-order valence-electron chi connectivity index (χ1n) is 9.36. The van der Waals surface area contributed by atoms with E-state index in [4.69, 9.17) is 9.15 Å². The Balaban J connectivity index is 1.81. The van der Waals surface area contributed by atoms with Crippen molar-refractivity contribution in [2.45, 2.75) is 51.4 Å². The Morgan fingerprint density at radius 2 is 1.70 bits per heavy atom. The molecule has 0 saturated carbocycles. The molecule has 2 aromatic carbocycles. The summed E-state index contributed by atoms with van der Waals surface area (Å²) in [6, 6.07) is 11.7. The second-order valence-corrected chi connectivity index (χ2v) is 8.72. The molecule has 0 saturated heterocycles. The fraction of sp³-hybridized carbons (Fsp3) is 0.391. The van der Waals surface area contributed by atoms with Crippen LogP contribution in [0, 0.1) is 0 Å². The maximum absolute atomic E-state index is 11.7. The van der Waals surface area contributed by atoms with Gasteiger partial charge in [0.05, 0.1) is 12.7 Å². The van der Waals surface area contributed by atoms with Crippen molar-refractivity contribution in [1.29, 1.82) is 0 Å². The van der Waals surface area contributed by atoms with E-state index in [0.29, 0.717) is 17.0 Å². The Morgan fingerprint density at radius 1 is 1.00 bits per heavy atom. The van der Waals surface area contributed by atoms with Gasteiger partial charge in [-0.1, -0.05) is 33.8 Å². The van der Waals surface area contributed by atoms with Gasteiger partial charge in [0.1, 0.15) is 5.52 Å². The molecule has 0 unspecified atom stereocenters. The minimum atomic E-state index is -0.382. The molecule has 4 heteroatoms. The van der Waals surface area contributed by atoms with Crippen LogP contribution in [0.3, 0.4) is 0 Å². The highest BCUT2D eigenvalue weighted by molar-refractivity contribution is 5.93. The Morgan fingerprint density at radius 3 is 2.41 bits per heavy atom. The molecule has 1 heterocycles. The number of nitrogens with zero attached hydrogens (tertiary/aromatic N) is 1. The van der Waals surface area contributed by atoms with Crippen LogP contribution in [0.2, 0.25) is 0 Å². The summed E-state index contributed by atoms with van der Waals surface area (Å²) in [5, 5.41) is 0. The molecule has 0 amide bonds. The van der Waals surface area contributed by atoms with Gasteiger partial charge in [-0.05, 0) is 65.1 Å². The summed E-state index contributed by atoms with van der Waals surface area (Å²) in [5.74, 6) is 0.196. The van der Waals surface area contributed by atoms with Crippen LogP contribution in [0.4, 0.5) is 0 Å². The van der Waals surface area contributed by atoms with Crippen molar-refractivity contribution in [2.75, 3.05) is 7.11 Å². The molecule has 27 heavy (non-hydrogen) atoms. The van der Waals surface area contributed by atoms with Crippen LogP contribution in [-0.4, -0.2) is 18.1 Å². The molecule has 3 aromatic rings. The number of esters is 1. The van der Waals surface area contributed by atoms with E-state index >= 15 is 0 Å². The smallest absolute Gasteiger partial charge is 0.337 e. The highest BCUT2D eigenvalue weighted by Gasteiger charge is 2.37. The average Bonchev–Trinajstić information content (AvgIpc) is 3.08. The summed E-state index contributed by atoms with van der Waals surface area (Å²) in [4.78, 5) is 16.4. The predicted molar refractivity (Wildman–Crippen MR) is 106 cm³/mol. The zero-order valence-corrected chi connectivity index (χ0v) is 16.6. The first-order chi connectivity index (χ1) is 12.7. The number of fused-ring (bicyclic) bond motifs is 2. The number of hydrogen-bond acceptors (Lipinski definition) is 4. The van der Waals surface area contributed by atoms with E-state index in [0.717, 1.165) is 17.5 Å². The van der Waals surface area contributed by atoms with E-state index < -0.39 is 0 Å². The molecule has 0 spiro atoms. The van der Waals surface area contributed by atoms with Crippen molar-refractivity contribution < 1.29 is 13.9 Å². The van der Waals surface area contributed by atoms with Gasteiger partial charge in [0.2, 0.25) is 5.89 Å². The summed E-state index contributed by atoms with van der Waals surface area (Å²) in [5.41, 5.74) is 5.84. The molecule has 4 rings (SSSR count). The van der Waals surface area contributed by atoms with Gasteiger partial charge in [0.25, 0.3) is 0 Å². The van der Waals surface area contributed by atoms with Crippen molar-refractivity contribution in [3.05, 3.63) is 53.1 Å². The van der Waals surface area contributed by atoms with Crippen molar-refractivity contribution >= 4 is 17.1 Å². The molecule has 4 nitrogen and oxygen atoms in total. The number of ether oxygens (including phenoxy) is 1. The minimum Gasteiger partial charge on any atom is -0.465 e. The Kier molecular flexibility index (Phi) is 3.91. The number of carbonyl (C=O) groups excluding carboxylic acids is 1. The molecule has 140 valence electrons. The number of aromatic nitrogens is 1. The number of methoxy groups -OCH3 is 1. The molecule has 0 aliphatic heterocycles. The summed E-state index contributed by atoms with van der Waals surface area (Å²) in [6.45, 7) is 9.24. The first kappa shape index (κ1) is 17.8. The zero-order valence-electron chi connectivity index (χ0n) is 16.6. The Labute approximate surface area is 159 Å². The molecule has 1 aliphatic rings. The zero-order chi connectivity index (χ0) is 19.4. The normalized spacial score (nSPS) is 17.5. The lowest BCUT2D eigenvalue weighted by Gasteiger charge is -2.42. The van der Waals surface area contributed by atoms with Crippen LogP contribution in [-0.2, 0) is 15.6 Å². The number of rotatable bonds is 2. The van der Waals surface area contributed by atoms with Gasteiger partial charge in [-0.2, -0.15) is 0 Å². The summed E-state index contributed by atoms with van der Waals surface area (Å²) in [7, 11) is 1.37. The molecular weight excluding hydrogens is 338 g/mol. The van der Waals surface area contributed by atoms with E-state index in [2.05, 4.69) is 50.9 Å². The van der Waals surface area contributed by atoms with Crippen molar-refractivity contribution in [1.82, 2.24) is 4.98 Å². The maximum atomic E-state index is 11.7. The third-order valence-electron chi connectivity index (χ3n) is 5.91. The Bertz CT molecular complexity index is 1040. The van der Waals surface area contributed by atoms with E-state index in [1.807, 2.05) is 0 Å². The molecule has 1 aromatic heterocycles. The third-order valence-corrected chi connectivity index (χ3v) is 5.91. The summed E-state index contributed by atoms with van der Waals surface area (Å²) >= 11 is 0. The highest BCUT2D eigenvalue weighted by atomic mass is 16.5. The van der Waals surface area contributed by atoms with E-state index in [1.165, 1.54) is 24.7 Å².